The van der Waals surface area contributed by atoms with Crippen LogP contribution in [0.3, 0.4) is 0 Å². The molecule has 0 radical (unpaired) electrons. The van der Waals surface area contributed by atoms with E-state index in [1.165, 1.54) is 54.4 Å². The van der Waals surface area contributed by atoms with Crippen LogP contribution in [0.15, 0.2) is 459 Å². The molecule has 4 heterocycles. The van der Waals surface area contributed by atoms with E-state index in [1.807, 2.05) is 54.6 Å². The zero-order valence-corrected chi connectivity index (χ0v) is 68.3. The van der Waals surface area contributed by atoms with Crippen molar-refractivity contribution in [1.82, 2.24) is 18.3 Å². The molecule has 0 N–H and O–H groups in total. The molecule has 0 unspecified atom stereocenters. The minimum Gasteiger partial charge on any atom is -0.309 e. The van der Waals surface area contributed by atoms with Gasteiger partial charge in [0.2, 0.25) is 0 Å². The Morgan fingerprint density at radius 1 is 0.127 bits per heavy atom. The van der Waals surface area contributed by atoms with E-state index in [9.17, 15) is 9.59 Å². The molecular weight excluding hydrogens is 1530 g/mol. The second kappa shape index (κ2) is 29.0. The van der Waals surface area contributed by atoms with Gasteiger partial charge in [0.15, 0.2) is 10.9 Å². The fourth-order valence-electron chi connectivity index (χ4n) is 20.3. The van der Waals surface area contributed by atoms with Gasteiger partial charge in [0.05, 0.1) is 44.1 Å². The summed E-state index contributed by atoms with van der Waals surface area (Å²) in [5, 5.41) is 15.8. The van der Waals surface area contributed by atoms with Crippen LogP contribution in [0, 0.1) is 0 Å². The van der Waals surface area contributed by atoms with E-state index in [0.717, 1.165) is 166 Å². The number of aromatic nitrogens is 4. The molecule has 0 bridgehead atoms. The molecule has 0 amide bonds. The smallest absolute Gasteiger partial charge is 0.194 e. The van der Waals surface area contributed by atoms with Gasteiger partial charge in [-0.25, -0.2) is 0 Å². The highest BCUT2D eigenvalue weighted by Gasteiger charge is 2.24. The highest BCUT2D eigenvalue weighted by atomic mass is 16.1. The third-order valence-corrected chi connectivity index (χ3v) is 26.3. The Kier molecular flexibility index (Phi) is 16.6. The average Bonchev–Trinajstić information content (AvgIpc) is 1.28. The summed E-state index contributed by atoms with van der Waals surface area (Å²) in [6.07, 6.45) is 0. The maximum absolute atomic E-state index is 14.7. The van der Waals surface area contributed by atoms with Crippen molar-refractivity contribution in [3.05, 3.63) is 469 Å². The molecule has 586 valence electrons. The number of hydrogen-bond acceptors (Lipinski definition) is 2. The summed E-state index contributed by atoms with van der Waals surface area (Å²) < 4.78 is 9.63. The first-order valence-corrected chi connectivity index (χ1v) is 43.1. The molecule has 0 saturated heterocycles. The summed E-state index contributed by atoms with van der Waals surface area (Å²) in [5.41, 5.74) is 30.2. The number of para-hydroxylation sites is 6. The van der Waals surface area contributed by atoms with E-state index in [4.69, 9.17) is 0 Å². The predicted octanol–water partition coefficient (Wildman–Crippen LogP) is 30.7. The molecule has 4 aromatic heterocycles. The lowest BCUT2D eigenvalue weighted by Gasteiger charge is -2.20. The van der Waals surface area contributed by atoms with Crippen LogP contribution in [-0.2, 0) is 0 Å². The molecule has 0 atom stereocenters. The molecular formula is C120H74N4O2. The van der Waals surface area contributed by atoms with Gasteiger partial charge in [-0.05, 0) is 274 Å². The van der Waals surface area contributed by atoms with Gasteiger partial charge in [0.25, 0.3) is 0 Å². The molecule has 0 saturated carbocycles. The fourth-order valence-corrected chi connectivity index (χ4v) is 20.3. The van der Waals surface area contributed by atoms with Gasteiger partial charge < -0.3 is 18.3 Å². The molecule has 0 aliphatic heterocycles. The van der Waals surface area contributed by atoms with Crippen molar-refractivity contribution >= 4 is 130 Å². The molecule has 0 aliphatic carbocycles. The van der Waals surface area contributed by atoms with Crippen LogP contribution in [0.2, 0.25) is 0 Å². The average molecular weight is 1600 g/mol. The number of benzene rings is 19. The van der Waals surface area contributed by atoms with Crippen molar-refractivity contribution in [2.75, 3.05) is 0 Å². The number of fused-ring (bicyclic) bond motifs is 16. The maximum atomic E-state index is 14.7. The van der Waals surface area contributed by atoms with E-state index in [1.54, 1.807) is 0 Å². The summed E-state index contributed by atoms with van der Waals surface area (Å²) in [7, 11) is 0. The minimum atomic E-state index is 0.00555. The van der Waals surface area contributed by atoms with Crippen molar-refractivity contribution in [2.45, 2.75) is 0 Å². The first kappa shape index (κ1) is 72.1. The molecule has 25 aromatic rings. The Balaban J connectivity index is 0.686. The van der Waals surface area contributed by atoms with Crippen LogP contribution in [0.25, 0.3) is 242 Å². The minimum absolute atomic E-state index is 0.00555. The van der Waals surface area contributed by atoms with Gasteiger partial charge >= 0.3 is 0 Å². The first-order chi connectivity index (χ1) is 62.3. The Labute approximate surface area is 724 Å². The lowest BCUT2D eigenvalue weighted by atomic mass is 9.84. The monoisotopic (exact) mass is 1600 g/mol. The molecule has 21 aromatic carbocycles. The Morgan fingerprint density at radius 2 is 0.373 bits per heavy atom. The molecule has 0 aliphatic rings. The number of nitrogens with zero attached hydrogens (tertiary/aromatic N) is 4. The largest absolute Gasteiger partial charge is 0.309 e. The second-order valence-electron chi connectivity index (χ2n) is 33.3. The van der Waals surface area contributed by atoms with Crippen LogP contribution < -0.4 is 10.9 Å². The molecule has 126 heavy (non-hydrogen) atoms. The van der Waals surface area contributed by atoms with Gasteiger partial charge in [-0.3, -0.25) is 9.59 Å². The van der Waals surface area contributed by atoms with E-state index < -0.39 is 0 Å². The van der Waals surface area contributed by atoms with Crippen molar-refractivity contribution in [3.63, 3.8) is 0 Å². The Morgan fingerprint density at radius 3 is 0.778 bits per heavy atom. The lowest BCUT2D eigenvalue weighted by molar-refractivity contribution is 1.18. The van der Waals surface area contributed by atoms with E-state index in [-0.39, 0.29) is 10.9 Å². The van der Waals surface area contributed by atoms with Gasteiger partial charge in [0, 0.05) is 87.4 Å². The lowest BCUT2D eigenvalue weighted by Crippen LogP contribution is -1.98. The van der Waals surface area contributed by atoms with Crippen LogP contribution in [0.4, 0.5) is 0 Å². The van der Waals surface area contributed by atoms with Gasteiger partial charge in [-0.2, -0.15) is 0 Å². The van der Waals surface area contributed by atoms with E-state index in [2.05, 4.69) is 413 Å². The zero-order valence-electron chi connectivity index (χ0n) is 68.3. The molecule has 0 fully saturated rings. The predicted molar refractivity (Wildman–Crippen MR) is 530 cm³/mol. The summed E-state index contributed by atoms with van der Waals surface area (Å²) in [6, 6.07) is 162. The third kappa shape index (κ3) is 11.7. The zero-order chi connectivity index (χ0) is 83.2. The van der Waals surface area contributed by atoms with Crippen molar-refractivity contribution in [3.8, 4) is 112 Å². The molecule has 25 rings (SSSR count). The quantitative estimate of drug-likeness (QED) is 0.122. The third-order valence-electron chi connectivity index (χ3n) is 26.3. The highest BCUT2D eigenvalue weighted by Crippen LogP contribution is 2.48. The molecule has 6 nitrogen and oxygen atoms in total. The van der Waals surface area contributed by atoms with Crippen LogP contribution >= 0.6 is 0 Å². The van der Waals surface area contributed by atoms with Crippen LogP contribution in [0.1, 0.15) is 0 Å². The summed E-state index contributed by atoms with van der Waals surface area (Å²) >= 11 is 0. The SMILES string of the molecule is O=c1c2ccccc2ccc2cc(-c3cccc(-c4cc(-c5cccc(-n6c7ccccc7c7cc(-c8ccc9c(c8)c8ccccc8n9-c8ccccc8)ccc76)c5)c(-c5cccc(-c6ccc7ccc8ccccc8c(=O)c7c6)c5)cc4-c4cccc(-n5c6ccccc6c6cc(-c7ccc8c(c7)c7ccccc7n8-c7ccccc7)ccc65)c4)c3)ccc12. The van der Waals surface area contributed by atoms with Crippen LogP contribution in [-0.4, -0.2) is 18.3 Å². The van der Waals surface area contributed by atoms with Crippen molar-refractivity contribution < 1.29 is 0 Å². The van der Waals surface area contributed by atoms with E-state index >= 15 is 0 Å². The van der Waals surface area contributed by atoms with Crippen LogP contribution in [0.5, 0.6) is 0 Å². The number of hydrogen-bond donors (Lipinski definition) is 0. The Hall–Kier alpha value is -16.8. The molecule has 0 spiro atoms. The standard InChI is InChI=1S/C120H74N4O2/c125-119-95-37-9-7-24-76(95)50-52-90-65-80(53-58-97(90)119)78-25-19-27-86(63-78)102-73-105(89-30-22-36-94(67-89)124-114-46-18-14-42-101(114)110-72-85(57-62-118(110)124)83-55-60-116-108(70-83)99-40-12-16-44-112(99)122(116)92-33-5-2-6-34-92)103(87-28-20-26-79(64-87)81-51-49-77-48-47-75-23-8-10-38-96(75)120(126)106(77)68-81)74-104(102)88-29-21-35-93(66-88)123-113-45-17-13-41-100(113)109-71-84(56-61-117(109)123)82-54-59-115-107(69-82)98-39-11-15-43-111(98)121(115)91-31-3-1-4-32-91/h1-74H. The fraction of sp³-hybridized carbons (Fsp3) is 0. The van der Waals surface area contributed by atoms with Gasteiger partial charge in [-0.15, -0.1) is 0 Å². The summed E-state index contributed by atoms with van der Waals surface area (Å²) in [5.74, 6) is 0. The first-order valence-electron chi connectivity index (χ1n) is 43.1. The number of rotatable bonds is 12. The van der Waals surface area contributed by atoms with E-state index in [0.29, 0.717) is 21.5 Å². The highest BCUT2D eigenvalue weighted by molar-refractivity contribution is 6.16. The molecule has 6 heteroatoms. The van der Waals surface area contributed by atoms with Gasteiger partial charge in [-0.1, -0.05) is 285 Å². The summed E-state index contributed by atoms with van der Waals surface area (Å²) in [4.78, 5) is 29.1. The maximum Gasteiger partial charge on any atom is 0.194 e. The van der Waals surface area contributed by atoms with Gasteiger partial charge in [0.1, 0.15) is 0 Å². The normalized spacial score (nSPS) is 11.9. The van der Waals surface area contributed by atoms with Crippen molar-refractivity contribution in [2.24, 2.45) is 0 Å². The second-order valence-corrected chi connectivity index (χ2v) is 33.3. The topological polar surface area (TPSA) is 53.9 Å². The Bertz CT molecular complexity index is 9040. The summed E-state index contributed by atoms with van der Waals surface area (Å²) in [6.45, 7) is 0. The van der Waals surface area contributed by atoms with Crippen molar-refractivity contribution in [1.29, 1.82) is 0 Å².